The zero-order valence-corrected chi connectivity index (χ0v) is 15.5. The van der Waals surface area contributed by atoms with Crippen molar-refractivity contribution in [2.75, 3.05) is 24.4 Å². The fraction of sp³-hybridized carbons (Fsp3) is 0.200. The van der Waals surface area contributed by atoms with Crippen molar-refractivity contribution >= 4 is 28.4 Å². The minimum atomic E-state index is 0.788. The molecule has 25 heavy (non-hydrogen) atoms. The number of hydrogen-bond donors (Lipinski definition) is 1. The standard InChI is InChI=1S/C20H22N4S/c1-4-15-5-9-17(10-6-15)19-14-25-20(22-19)23-21-13-16-7-11-18(12-8-16)24(2)3/h5-14H,4H2,1-3H3,(H,22,23)/b21-13+. The first kappa shape index (κ1) is 17.2. The molecule has 3 rings (SSSR count). The van der Waals surface area contributed by atoms with Crippen LogP contribution >= 0.6 is 11.3 Å². The molecule has 4 nitrogen and oxygen atoms in total. The third-order valence-electron chi connectivity index (χ3n) is 3.95. The average Bonchev–Trinajstić information content (AvgIpc) is 3.11. The number of anilines is 2. The molecule has 0 aliphatic carbocycles. The molecule has 1 heterocycles. The molecular weight excluding hydrogens is 328 g/mol. The first-order valence-electron chi connectivity index (χ1n) is 8.27. The Morgan fingerprint density at radius 2 is 1.80 bits per heavy atom. The lowest BCUT2D eigenvalue weighted by Gasteiger charge is -2.11. The molecule has 5 heteroatoms. The predicted octanol–water partition coefficient (Wildman–Crippen LogP) is 4.88. The Labute approximate surface area is 152 Å². The minimum absolute atomic E-state index is 0.788. The average molecular weight is 350 g/mol. The number of nitrogens with zero attached hydrogens (tertiary/aromatic N) is 3. The van der Waals surface area contributed by atoms with Gasteiger partial charge < -0.3 is 4.90 Å². The van der Waals surface area contributed by atoms with Crippen molar-refractivity contribution in [3.05, 3.63) is 65.0 Å². The van der Waals surface area contributed by atoms with Gasteiger partial charge in [0.2, 0.25) is 5.13 Å². The Morgan fingerprint density at radius 3 is 2.44 bits per heavy atom. The number of aryl methyl sites for hydroxylation is 1. The highest BCUT2D eigenvalue weighted by Gasteiger charge is 2.03. The third-order valence-corrected chi connectivity index (χ3v) is 4.69. The number of thiazole rings is 1. The number of nitrogens with one attached hydrogen (secondary N) is 1. The molecule has 0 bridgehead atoms. The van der Waals surface area contributed by atoms with E-state index in [4.69, 9.17) is 0 Å². The van der Waals surface area contributed by atoms with E-state index < -0.39 is 0 Å². The van der Waals surface area contributed by atoms with Gasteiger partial charge in [-0.15, -0.1) is 11.3 Å². The molecule has 0 saturated carbocycles. The highest BCUT2D eigenvalue weighted by atomic mass is 32.1. The molecule has 1 aromatic heterocycles. The maximum absolute atomic E-state index is 4.59. The Morgan fingerprint density at radius 1 is 1.08 bits per heavy atom. The van der Waals surface area contributed by atoms with Gasteiger partial charge in [-0.2, -0.15) is 5.10 Å². The van der Waals surface area contributed by atoms with E-state index in [1.165, 1.54) is 11.3 Å². The van der Waals surface area contributed by atoms with Gasteiger partial charge in [0.15, 0.2) is 0 Å². The molecule has 1 N–H and O–H groups in total. The Balaban J connectivity index is 1.62. The van der Waals surface area contributed by atoms with E-state index in [1.807, 2.05) is 31.6 Å². The van der Waals surface area contributed by atoms with Crippen LogP contribution in [0.5, 0.6) is 0 Å². The number of hydrogen-bond acceptors (Lipinski definition) is 5. The van der Waals surface area contributed by atoms with Crippen molar-refractivity contribution in [1.82, 2.24) is 4.98 Å². The fourth-order valence-corrected chi connectivity index (χ4v) is 3.06. The van der Waals surface area contributed by atoms with Crippen molar-refractivity contribution in [2.24, 2.45) is 5.10 Å². The van der Waals surface area contributed by atoms with Crippen LogP contribution in [0.4, 0.5) is 10.8 Å². The predicted molar refractivity (Wildman–Crippen MR) is 109 cm³/mol. The summed E-state index contributed by atoms with van der Waals surface area (Å²) in [4.78, 5) is 6.66. The Hall–Kier alpha value is -2.66. The lowest BCUT2D eigenvalue weighted by atomic mass is 10.1. The summed E-state index contributed by atoms with van der Waals surface area (Å²) in [5.41, 5.74) is 8.66. The van der Waals surface area contributed by atoms with Gasteiger partial charge in [0.25, 0.3) is 0 Å². The Kier molecular flexibility index (Phi) is 5.46. The summed E-state index contributed by atoms with van der Waals surface area (Å²) in [6.45, 7) is 2.16. The summed E-state index contributed by atoms with van der Waals surface area (Å²) >= 11 is 1.55. The van der Waals surface area contributed by atoms with Crippen molar-refractivity contribution in [1.29, 1.82) is 0 Å². The summed E-state index contributed by atoms with van der Waals surface area (Å²) in [5, 5.41) is 7.11. The molecule has 0 unspecified atom stereocenters. The maximum atomic E-state index is 4.59. The first-order valence-corrected chi connectivity index (χ1v) is 9.15. The second kappa shape index (κ2) is 7.94. The minimum Gasteiger partial charge on any atom is -0.378 e. The van der Waals surface area contributed by atoms with Crippen molar-refractivity contribution in [3.63, 3.8) is 0 Å². The van der Waals surface area contributed by atoms with Crippen LogP contribution in [0.25, 0.3) is 11.3 Å². The van der Waals surface area contributed by atoms with E-state index in [2.05, 4.69) is 63.7 Å². The van der Waals surface area contributed by atoms with Crippen LogP contribution in [0.2, 0.25) is 0 Å². The molecule has 0 radical (unpaired) electrons. The topological polar surface area (TPSA) is 40.5 Å². The summed E-state index contributed by atoms with van der Waals surface area (Å²) in [6.07, 6.45) is 2.85. The maximum Gasteiger partial charge on any atom is 0.203 e. The number of benzene rings is 2. The summed E-state index contributed by atoms with van der Waals surface area (Å²) in [6, 6.07) is 16.8. The molecule has 0 atom stereocenters. The van der Waals surface area contributed by atoms with Gasteiger partial charge in [-0.05, 0) is 29.7 Å². The molecule has 3 aromatic rings. The molecule has 0 fully saturated rings. The number of aromatic nitrogens is 1. The SMILES string of the molecule is CCc1ccc(-c2csc(N/N=C/c3ccc(N(C)C)cc3)n2)cc1. The Bertz CT molecular complexity index is 833. The second-order valence-electron chi connectivity index (χ2n) is 5.94. The fourth-order valence-electron chi connectivity index (χ4n) is 2.39. The highest BCUT2D eigenvalue weighted by molar-refractivity contribution is 7.14. The van der Waals surface area contributed by atoms with Crippen molar-refractivity contribution in [3.8, 4) is 11.3 Å². The van der Waals surface area contributed by atoms with Crippen LogP contribution in [0.3, 0.4) is 0 Å². The van der Waals surface area contributed by atoms with E-state index in [9.17, 15) is 0 Å². The van der Waals surface area contributed by atoms with Crippen LogP contribution in [0.1, 0.15) is 18.1 Å². The van der Waals surface area contributed by atoms with E-state index in [0.29, 0.717) is 0 Å². The third kappa shape index (κ3) is 4.45. The molecule has 128 valence electrons. The molecule has 0 aliphatic heterocycles. The van der Waals surface area contributed by atoms with E-state index >= 15 is 0 Å². The molecule has 2 aromatic carbocycles. The van der Waals surface area contributed by atoms with Gasteiger partial charge in [-0.25, -0.2) is 4.98 Å². The zero-order valence-electron chi connectivity index (χ0n) is 14.7. The van der Waals surface area contributed by atoms with Crippen LogP contribution in [0.15, 0.2) is 59.0 Å². The van der Waals surface area contributed by atoms with Crippen LogP contribution in [0, 0.1) is 0 Å². The molecular formula is C20H22N4S. The molecule has 0 aliphatic rings. The first-order chi connectivity index (χ1) is 12.2. The summed E-state index contributed by atoms with van der Waals surface area (Å²) < 4.78 is 0. The lowest BCUT2D eigenvalue weighted by Crippen LogP contribution is -2.08. The number of hydrazone groups is 1. The quantitative estimate of drug-likeness (QED) is 0.508. The smallest absolute Gasteiger partial charge is 0.203 e. The van der Waals surface area contributed by atoms with E-state index in [0.717, 1.165) is 28.4 Å². The van der Waals surface area contributed by atoms with Gasteiger partial charge in [0.05, 0.1) is 11.9 Å². The van der Waals surface area contributed by atoms with Crippen LogP contribution in [-0.2, 0) is 6.42 Å². The lowest BCUT2D eigenvalue weighted by molar-refractivity contribution is 1.13. The molecule has 0 spiro atoms. The molecule has 0 amide bonds. The largest absolute Gasteiger partial charge is 0.378 e. The van der Waals surface area contributed by atoms with Crippen LogP contribution in [-0.4, -0.2) is 25.3 Å². The number of rotatable bonds is 6. The van der Waals surface area contributed by atoms with E-state index in [1.54, 1.807) is 17.6 Å². The monoisotopic (exact) mass is 350 g/mol. The van der Waals surface area contributed by atoms with E-state index in [-0.39, 0.29) is 0 Å². The highest BCUT2D eigenvalue weighted by Crippen LogP contribution is 2.25. The van der Waals surface area contributed by atoms with Gasteiger partial charge in [0, 0.05) is 30.7 Å². The van der Waals surface area contributed by atoms with Gasteiger partial charge in [-0.3, -0.25) is 5.43 Å². The molecule has 0 saturated heterocycles. The van der Waals surface area contributed by atoms with Crippen molar-refractivity contribution in [2.45, 2.75) is 13.3 Å². The van der Waals surface area contributed by atoms with Crippen LogP contribution < -0.4 is 10.3 Å². The summed E-state index contributed by atoms with van der Waals surface area (Å²) in [7, 11) is 4.06. The van der Waals surface area contributed by atoms with Gasteiger partial charge in [0.1, 0.15) is 0 Å². The van der Waals surface area contributed by atoms with Crippen molar-refractivity contribution < 1.29 is 0 Å². The normalized spacial score (nSPS) is 11.0. The zero-order chi connectivity index (χ0) is 17.6. The summed E-state index contributed by atoms with van der Waals surface area (Å²) in [5.74, 6) is 0. The van der Waals surface area contributed by atoms with Gasteiger partial charge in [-0.1, -0.05) is 43.3 Å². The second-order valence-corrected chi connectivity index (χ2v) is 6.80. The van der Waals surface area contributed by atoms with Gasteiger partial charge >= 0.3 is 0 Å².